The fraction of sp³-hybridized carbons (Fsp3) is 0.0714. The summed E-state index contributed by atoms with van der Waals surface area (Å²) in [5.74, 6) is -0.188. The van der Waals surface area contributed by atoms with Crippen molar-refractivity contribution in [2.24, 2.45) is 0 Å². The van der Waals surface area contributed by atoms with E-state index >= 15 is 0 Å². The third kappa shape index (κ3) is 3.46. The molecule has 20 heavy (non-hydrogen) atoms. The molecule has 0 unspecified atom stereocenters. The Labute approximate surface area is 128 Å². The molecule has 2 aromatic rings. The average molecular weight is 352 g/mol. The topological polar surface area (TPSA) is 60.2 Å². The molecular weight excluding hydrogens is 342 g/mol. The highest BCUT2D eigenvalue weighted by Crippen LogP contribution is 2.36. The van der Waals surface area contributed by atoms with Crippen LogP contribution in [0.1, 0.15) is 17.3 Å². The van der Waals surface area contributed by atoms with Gasteiger partial charge in [-0.25, -0.2) is 0 Å². The number of Topliss-reactive ketones (excluding diaryl/α,β-unsaturated/α-hetero) is 1. The number of hydrogen-bond donors (Lipinski definition) is 0. The van der Waals surface area contributed by atoms with Crippen LogP contribution in [0.2, 0.25) is 0 Å². The van der Waals surface area contributed by atoms with Gasteiger partial charge < -0.3 is 0 Å². The molecule has 2 aromatic carbocycles. The van der Waals surface area contributed by atoms with Crippen molar-refractivity contribution in [1.29, 1.82) is 0 Å². The third-order valence-corrected chi connectivity index (χ3v) is 4.13. The number of rotatable bonds is 4. The molecule has 0 heterocycles. The molecule has 0 saturated carbocycles. The molecule has 0 radical (unpaired) electrons. The lowest BCUT2D eigenvalue weighted by Crippen LogP contribution is -1.96. The van der Waals surface area contributed by atoms with E-state index in [9.17, 15) is 14.9 Å². The van der Waals surface area contributed by atoms with Crippen molar-refractivity contribution >= 4 is 39.2 Å². The standard InChI is InChI=1S/C14H10BrNO3S/c1-9(17)10-5-6-14(13(7-10)16(18)19)20-12-4-2-3-11(15)8-12/h2-8H,1H3. The van der Waals surface area contributed by atoms with Crippen molar-refractivity contribution in [1.82, 2.24) is 0 Å². The number of carbonyl (C=O) groups excluding carboxylic acids is 1. The Bertz CT molecular complexity index is 688. The zero-order valence-electron chi connectivity index (χ0n) is 10.5. The van der Waals surface area contributed by atoms with Crippen LogP contribution < -0.4 is 0 Å². The summed E-state index contributed by atoms with van der Waals surface area (Å²) in [5, 5.41) is 11.1. The molecule has 0 amide bonds. The van der Waals surface area contributed by atoms with Gasteiger partial charge >= 0.3 is 0 Å². The number of hydrogen-bond acceptors (Lipinski definition) is 4. The van der Waals surface area contributed by atoms with Crippen LogP contribution >= 0.6 is 27.7 Å². The van der Waals surface area contributed by atoms with Gasteiger partial charge in [-0.15, -0.1) is 0 Å². The minimum absolute atomic E-state index is 0.0531. The molecule has 102 valence electrons. The summed E-state index contributed by atoms with van der Waals surface area (Å²) in [7, 11) is 0. The van der Waals surface area contributed by atoms with Crippen LogP contribution in [0.5, 0.6) is 0 Å². The van der Waals surface area contributed by atoms with Crippen LogP contribution in [0.15, 0.2) is 56.7 Å². The molecule has 0 saturated heterocycles. The van der Waals surface area contributed by atoms with Crippen molar-refractivity contribution in [2.75, 3.05) is 0 Å². The second-order valence-corrected chi connectivity index (χ2v) is 6.09. The largest absolute Gasteiger partial charge is 0.295 e. The lowest BCUT2D eigenvalue weighted by atomic mass is 10.1. The predicted molar refractivity (Wildman–Crippen MR) is 81.4 cm³/mol. The van der Waals surface area contributed by atoms with E-state index in [1.807, 2.05) is 24.3 Å². The van der Waals surface area contributed by atoms with Crippen molar-refractivity contribution in [3.05, 3.63) is 62.6 Å². The van der Waals surface area contributed by atoms with E-state index in [-0.39, 0.29) is 11.5 Å². The molecule has 0 aliphatic heterocycles. The first-order valence-electron chi connectivity index (χ1n) is 5.70. The third-order valence-electron chi connectivity index (χ3n) is 2.59. The summed E-state index contributed by atoms with van der Waals surface area (Å²) in [6, 6.07) is 12.0. The monoisotopic (exact) mass is 351 g/mol. The average Bonchev–Trinajstić information content (AvgIpc) is 2.38. The van der Waals surface area contributed by atoms with Crippen molar-refractivity contribution in [3.8, 4) is 0 Å². The Hall–Kier alpha value is -1.66. The van der Waals surface area contributed by atoms with E-state index < -0.39 is 4.92 Å². The van der Waals surface area contributed by atoms with Gasteiger partial charge in [0, 0.05) is 21.0 Å². The molecule has 6 heteroatoms. The summed E-state index contributed by atoms with van der Waals surface area (Å²) in [5.41, 5.74) is 0.290. The quantitative estimate of drug-likeness (QED) is 0.454. The fourth-order valence-corrected chi connectivity index (χ4v) is 3.13. The normalized spacial score (nSPS) is 10.3. The SMILES string of the molecule is CC(=O)c1ccc(Sc2cccc(Br)c2)c([N+](=O)[O-])c1. The Morgan fingerprint density at radius 3 is 2.60 bits per heavy atom. The maximum Gasteiger partial charge on any atom is 0.283 e. The molecule has 2 rings (SSSR count). The Kier molecular flexibility index (Phi) is 4.57. The zero-order chi connectivity index (χ0) is 14.7. The highest BCUT2D eigenvalue weighted by Gasteiger charge is 2.17. The minimum Gasteiger partial charge on any atom is -0.295 e. The molecule has 0 N–H and O–H groups in total. The molecule has 0 spiro atoms. The van der Waals surface area contributed by atoms with Gasteiger partial charge in [0.15, 0.2) is 5.78 Å². The summed E-state index contributed by atoms with van der Waals surface area (Å²) >= 11 is 4.66. The van der Waals surface area contributed by atoms with Gasteiger partial charge in [-0.05, 0) is 37.3 Å². The number of halogens is 1. The van der Waals surface area contributed by atoms with E-state index in [0.29, 0.717) is 10.5 Å². The van der Waals surface area contributed by atoms with Crippen LogP contribution in [-0.2, 0) is 0 Å². The van der Waals surface area contributed by atoms with Crippen LogP contribution in [0, 0.1) is 10.1 Å². The van der Waals surface area contributed by atoms with Gasteiger partial charge in [-0.3, -0.25) is 14.9 Å². The Balaban J connectivity index is 2.41. The highest BCUT2D eigenvalue weighted by atomic mass is 79.9. The molecule has 0 aliphatic carbocycles. The molecule has 0 atom stereocenters. The summed E-state index contributed by atoms with van der Waals surface area (Å²) in [4.78, 5) is 23.4. The van der Waals surface area contributed by atoms with Crippen LogP contribution in [0.4, 0.5) is 5.69 Å². The number of nitrogens with zero attached hydrogens (tertiary/aromatic N) is 1. The summed E-state index contributed by atoms with van der Waals surface area (Å²) in [6.45, 7) is 1.39. The number of ketones is 1. The van der Waals surface area contributed by atoms with Gasteiger partial charge in [0.25, 0.3) is 5.69 Å². The predicted octanol–water partition coefficient (Wildman–Crippen LogP) is 4.71. The number of nitro benzene ring substituents is 1. The van der Waals surface area contributed by atoms with E-state index in [2.05, 4.69) is 15.9 Å². The summed E-state index contributed by atoms with van der Waals surface area (Å²) < 4.78 is 0.908. The Morgan fingerprint density at radius 1 is 1.25 bits per heavy atom. The molecule has 0 aromatic heterocycles. The van der Waals surface area contributed by atoms with Crippen molar-refractivity contribution < 1.29 is 9.72 Å². The lowest BCUT2D eigenvalue weighted by Gasteiger charge is -2.05. The fourth-order valence-electron chi connectivity index (χ4n) is 1.62. The smallest absolute Gasteiger partial charge is 0.283 e. The Morgan fingerprint density at radius 2 is 2.00 bits per heavy atom. The first-order chi connectivity index (χ1) is 9.47. The second kappa shape index (κ2) is 6.19. The first kappa shape index (κ1) is 14.7. The van der Waals surface area contributed by atoms with Crippen molar-refractivity contribution in [3.63, 3.8) is 0 Å². The molecule has 0 aliphatic rings. The number of nitro groups is 1. The minimum atomic E-state index is -0.466. The number of benzene rings is 2. The first-order valence-corrected chi connectivity index (χ1v) is 7.31. The number of carbonyl (C=O) groups is 1. The van der Waals surface area contributed by atoms with E-state index in [4.69, 9.17) is 0 Å². The second-order valence-electron chi connectivity index (χ2n) is 4.06. The van der Waals surface area contributed by atoms with Crippen molar-refractivity contribution in [2.45, 2.75) is 16.7 Å². The van der Waals surface area contributed by atoms with E-state index in [1.54, 1.807) is 12.1 Å². The van der Waals surface area contributed by atoms with E-state index in [1.165, 1.54) is 24.8 Å². The van der Waals surface area contributed by atoms with E-state index in [0.717, 1.165) is 9.37 Å². The maximum atomic E-state index is 11.3. The van der Waals surface area contributed by atoms with Crippen LogP contribution in [-0.4, -0.2) is 10.7 Å². The zero-order valence-corrected chi connectivity index (χ0v) is 12.9. The highest BCUT2D eigenvalue weighted by molar-refractivity contribution is 9.10. The van der Waals surface area contributed by atoms with Crippen LogP contribution in [0.3, 0.4) is 0 Å². The lowest BCUT2D eigenvalue weighted by molar-refractivity contribution is -0.387. The molecule has 0 bridgehead atoms. The maximum absolute atomic E-state index is 11.3. The van der Waals surface area contributed by atoms with Gasteiger partial charge in [0.05, 0.1) is 9.82 Å². The van der Waals surface area contributed by atoms with Gasteiger partial charge in [-0.1, -0.05) is 33.8 Å². The molecule has 0 fully saturated rings. The van der Waals surface area contributed by atoms with Crippen LogP contribution in [0.25, 0.3) is 0 Å². The van der Waals surface area contributed by atoms with Gasteiger partial charge in [-0.2, -0.15) is 0 Å². The van der Waals surface area contributed by atoms with Gasteiger partial charge in [0.2, 0.25) is 0 Å². The molecular formula is C14H10BrNO3S. The molecule has 4 nitrogen and oxygen atoms in total. The van der Waals surface area contributed by atoms with Gasteiger partial charge in [0.1, 0.15) is 0 Å². The summed E-state index contributed by atoms with van der Waals surface area (Å²) in [6.07, 6.45) is 0.